The van der Waals surface area contributed by atoms with E-state index in [1.807, 2.05) is 36.4 Å². The molecule has 0 aliphatic carbocycles. The summed E-state index contributed by atoms with van der Waals surface area (Å²) < 4.78 is 10.7. The highest BCUT2D eigenvalue weighted by molar-refractivity contribution is 5.76. The Kier molecular flexibility index (Phi) is 7.80. The van der Waals surface area contributed by atoms with Gasteiger partial charge in [0.25, 0.3) is 0 Å². The number of amides is 1. The average molecular weight is 356 g/mol. The molecule has 0 atom stereocenters. The second-order valence-electron chi connectivity index (χ2n) is 6.29. The highest BCUT2D eigenvalue weighted by Gasteiger charge is 2.06. The van der Waals surface area contributed by atoms with Crippen LogP contribution in [0.2, 0.25) is 0 Å². The summed E-state index contributed by atoms with van der Waals surface area (Å²) in [7, 11) is 1.63. The van der Waals surface area contributed by atoms with Crippen molar-refractivity contribution >= 4 is 11.6 Å². The van der Waals surface area contributed by atoms with E-state index in [4.69, 9.17) is 9.47 Å². The maximum absolute atomic E-state index is 11.9. The summed E-state index contributed by atoms with van der Waals surface area (Å²) in [6.07, 6.45) is 0.426. The van der Waals surface area contributed by atoms with Gasteiger partial charge in [-0.1, -0.05) is 32.0 Å². The second-order valence-corrected chi connectivity index (χ2v) is 6.29. The third-order valence-electron chi connectivity index (χ3n) is 4.00. The number of carbonyl (C=O) groups excluding carboxylic acids is 1. The Labute approximate surface area is 155 Å². The van der Waals surface area contributed by atoms with Crippen LogP contribution >= 0.6 is 0 Å². The van der Waals surface area contributed by atoms with Gasteiger partial charge in [-0.2, -0.15) is 0 Å². The highest BCUT2D eigenvalue weighted by atomic mass is 16.5. The third-order valence-corrected chi connectivity index (χ3v) is 4.00. The number of rotatable bonds is 10. The lowest BCUT2D eigenvalue weighted by molar-refractivity contribution is -0.120. The third kappa shape index (κ3) is 6.31. The molecule has 0 saturated heterocycles. The molecule has 2 N–H and O–H groups in total. The minimum atomic E-state index is 0.0119. The van der Waals surface area contributed by atoms with Gasteiger partial charge < -0.3 is 20.1 Å². The summed E-state index contributed by atoms with van der Waals surface area (Å²) in [4.78, 5) is 11.9. The number of benzene rings is 2. The number of anilines is 1. The van der Waals surface area contributed by atoms with Crippen LogP contribution in [0.15, 0.2) is 48.5 Å². The SMILES string of the molecule is COc1ccc(OCCNC(=O)CCNc2ccccc2C(C)C)cc1. The normalized spacial score (nSPS) is 10.5. The molecule has 2 rings (SSSR count). The van der Waals surface area contributed by atoms with E-state index in [9.17, 15) is 4.79 Å². The van der Waals surface area contributed by atoms with E-state index < -0.39 is 0 Å². The quantitative estimate of drug-likeness (QED) is 0.636. The summed E-state index contributed by atoms with van der Waals surface area (Å²) in [6, 6.07) is 15.6. The van der Waals surface area contributed by atoms with Crippen molar-refractivity contribution in [2.45, 2.75) is 26.2 Å². The number of hydrogen-bond donors (Lipinski definition) is 2. The number of para-hydroxylation sites is 1. The molecule has 0 aliphatic rings. The molecule has 0 bridgehead atoms. The molecule has 0 radical (unpaired) electrons. The van der Waals surface area contributed by atoms with Crippen molar-refractivity contribution in [3.8, 4) is 11.5 Å². The van der Waals surface area contributed by atoms with Crippen LogP contribution in [0.25, 0.3) is 0 Å². The number of hydrogen-bond acceptors (Lipinski definition) is 4. The van der Waals surface area contributed by atoms with Gasteiger partial charge in [0.1, 0.15) is 18.1 Å². The maximum atomic E-state index is 11.9. The van der Waals surface area contributed by atoms with E-state index >= 15 is 0 Å². The van der Waals surface area contributed by atoms with Gasteiger partial charge in [-0.15, -0.1) is 0 Å². The number of carbonyl (C=O) groups is 1. The Bertz CT molecular complexity index is 684. The molecule has 0 spiro atoms. The van der Waals surface area contributed by atoms with Gasteiger partial charge in [0.15, 0.2) is 0 Å². The fourth-order valence-corrected chi connectivity index (χ4v) is 2.59. The molecule has 0 aromatic heterocycles. The zero-order chi connectivity index (χ0) is 18.8. The average Bonchev–Trinajstić information content (AvgIpc) is 2.66. The predicted molar refractivity (Wildman–Crippen MR) is 105 cm³/mol. The first kappa shape index (κ1) is 19.6. The van der Waals surface area contributed by atoms with Crippen molar-refractivity contribution in [3.05, 3.63) is 54.1 Å². The van der Waals surface area contributed by atoms with Crippen LogP contribution in [0.1, 0.15) is 31.7 Å². The van der Waals surface area contributed by atoms with Crippen LogP contribution in [0.3, 0.4) is 0 Å². The molecule has 140 valence electrons. The molecule has 5 nitrogen and oxygen atoms in total. The van der Waals surface area contributed by atoms with Gasteiger partial charge in [-0.05, 0) is 41.8 Å². The van der Waals surface area contributed by atoms with E-state index in [2.05, 4.69) is 36.6 Å². The van der Waals surface area contributed by atoms with Crippen molar-refractivity contribution in [1.29, 1.82) is 0 Å². The van der Waals surface area contributed by atoms with Crippen molar-refractivity contribution in [3.63, 3.8) is 0 Å². The number of nitrogens with one attached hydrogen (secondary N) is 2. The minimum absolute atomic E-state index is 0.0119. The van der Waals surface area contributed by atoms with Gasteiger partial charge in [0, 0.05) is 18.7 Å². The Morgan fingerprint density at radius 1 is 1.00 bits per heavy atom. The van der Waals surface area contributed by atoms with Crippen molar-refractivity contribution in [1.82, 2.24) is 5.32 Å². The molecule has 0 saturated carbocycles. The number of methoxy groups -OCH3 is 1. The molecule has 0 fully saturated rings. The molecule has 2 aromatic carbocycles. The lowest BCUT2D eigenvalue weighted by Crippen LogP contribution is -2.29. The van der Waals surface area contributed by atoms with Crippen LogP contribution in [0, 0.1) is 0 Å². The molecule has 2 aromatic rings. The minimum Gasteiger partial charge on any atom is -0.497 e. The zero-order valence-electron chi connectivity index (χ0n) is 15.7. The van der Waals surface area contributed by atoms with Gasteiger partial charge in [-0.3, -0.25) is 4.79 Å². The summed E-state index contributed by atoms with van der Waals surface area (Å²) in [5, 5.41) is 6.22. The summed E-state index contributed by atoms with van der Waals surface area (Å²) in [5.74, 6) is 2.00. The van der Waals surface area contributed by atoms with E-state index in [-0.39, 0.29) is 5.91 Å². The lowest BCUT2D eigenvalue weighted by atomic mass is 10.0. The van der Waals surface area contributed by atoms with E-state index in [0.717, 1.165) is 17.2 Å². The van der Waals surface area contributed by atoms with Crippen molar-refractivity contribution in [2.75, 3.05) is 32.1 Å². The highest BCUT2D eigenvalue weighted by Crippen LogP contribution is 2.23. The molecule has 0 aliphatic heterocycles. The van der Waals surface area contributed by atoms with Crippen LogP contribution in [-0.2, 0) is 4.79 Å². The lowest BCUT2D eigenvalue weighted by Gasteiger charge is -2.14. The molecule has 5 heteroatoms. The van der Waals surface area contributed by atoms with Gasteiger partial charge in [0.05, 0.1) is 13.7 Å². The predicted octanol–water partition coefficient (Wildman–Crippen LogP) is 3.82. The van der Waals surface area contributed by atoms with Crippen LogP contribution < -0.4 is 20.1 Å². The fourth-order valence-electron chi connectivity index (χ4n) is 2.59. The fraction of sp³-hybridized carbons (Fsp3) is 0.381. The van der Waals surface area contributed by atoms with E-state index in [1.165, 1.54) is 5.56 Å². The second kappa shape index (κ2) is 10.3. The largest absolute Gasteiger partial charge is 0.497 e. The summed E-state index contributed by atoms with van der Waals surface area (Å²) in [5.41, 5.74) is 2.36. The molecular formula is C21H28N2O3. The van der Waals surface area contributed by atoms with Crippen molar-refractivity contribution in [2.24, 2.45) is 0 Å². The van der Waals surface area contributed by atoms with Gasteiger partial charge in [-0.25, -0.2) is 0 Å². The molecule has 0 unspecified atom stereocenters. The molecule has 26 heavy (non-hydrogen) atoms. The Balaban J connectivity index is 1.63. The smallest absolute Gasteiger partial charge is 0.221 e. The first-order valence-electron chi connectivity index (χ1n) is 8.96. The standard InChI is InChI=1S/C21H28N2O3/c1-16(2)19-6-4-5-7-20(19)22-13-12-21(24)23-14-15-26-18-10-8-17(25-3)9-11-18/h4-11,16,22H,12-15H2,1-3H3,(H,23,24). The Morgan fingerprint density at radius 3 is 2.38 bits per heavy atom. The van der Waals surface area contributed by atoms with E-state index in [0.29, 0.717) is 32.0 Å². The van der Waals surface area contributed by atoms with Crippen LogP contribution in [0.4, 0.5) is 5.69 Å². The first-order chi connectivity index (χ1) is 12.6. The Morgan fingerprint density at radius 2 is 1.69 bits per heavy atom. The van der Waals surface area contributed by atoms with Gasteiger partial charge >= 0.3 is 0 Å². The molecule has 0 heterocycles. The molecule has 1 amide bonds. The first-order valence-corrected chi connectivity index (χ1v) is 8.96. The topological polar surface area (TPSA) is 59.6 Å². The number of ether oxygens (including phenoxy) is 2. The summed E-state index contributed by atoms with van der Waals surface area (Å²) in [6.45, 7) is 5.84. The summed E-state index contributed by atoms with van der Waals surface area (Å²) >= 11 is 0. The maximum Gasteiger partial charge on any atom is 0.221 e. The monoisotopic (exact) mass is 356 g/mol. The zero-order valence-corrected chi connectivity index (χ0v) is 15.7. The molecular weight excluding hydrogens is 328 g/mol. The van der Waals surface area contributed by atoms with Crippen LogP contribution in [0.5, 0.6) is 11.5 Å². The van der Waals surface area contributed by atoms with E-state index in [1.54, 1.807) is 7.11 Å². The Hall–Kier alpha value is -2.69. The van der Waals surface area contributed by atoms with Gasteiger partial charge in [0.2, 0.25) is 5.91 Å². The van der Waals surface area contributed by atoms with Crippen LogP contribution in [-0.4, -0.2) is 32.7 Å². The van der Waals surface area contributed by atoms with Crippen molar-refractivity contribution < 1.29 is 14.3 Å².